The van der Waals surface area contributed by atoms with Gasteiger partial charge in [-0.25, -0.2) is 0 Å². The molecule has 1 aromatic carbocycles. The summed E-state index contributed by atoms with van der Waals surface area (Å²) in [5.74, 6) is 0.861. The fourth-order valence-corrected chi connectivity index (χ4v) is 1.31. The van der Waals surface area contributed by atoms with Crippen LogP contribution in [0.3, 0.4) is 0 Å². The molecule has 0 N–H and O–H groups in total. The van der Waals surface area contributed by atoms with E-state index in [4.69, 9.17) is 16.0 Å². The monoisotopic (exact) mass is 222 g/mol. The van der Waals surface area contributed by atoms with Crippen LogP contribution in [0.5, 0.6) is 0 Å². The van der Waals surface area contributed by atoms with Gasteiger partial charge in [-0.05, 0) is 23.7 Å². The van der Waals surface area contributed by atoms with Crippen LogP contribution in [-0.4, -0.2) is 15.4 Å². The highest BCUT2D eigenvalue weighted by atomic mass is 35.5. The molecule has 0 radical (unpaired) electrons. The van der Waals surface area contributed by atoms with Crippen molar-refractivity contribution in [3.63, 3.8) is 0 Å². The van der Waals surface area contributed by atoms with Crippen LogP contribution in [0.15, 0.2) is 28.7 Å². The van der Waals surface area contributed by atoms with Crippen molar-refractivity contribution in [2.24, 2.45) is 0 Å². The molecule has 0 unspecified atom stereocenters. The SMILES string of the molecule is Cc1nnc(-c2cccc(C(=O)Cl)c2)o1. The summed E-state index contributed by atoms with van der Waals surface area (Å²) in [6, 6.07) is 6.73. The van der Waals surface area contributed by atoms with E-state index in [1.807, 2.05) is 0 Å². The second-order valence-corrected chi connectivity index (χ2v) is 3.32. The van der Waals surface area contributed by atoms with Crippen molar-refractivity contribution in [3.8, 4) is 11.5 Å². The smallest absolute Gasteiger partial charge is 0.252 e. The molecule has 1 heterocycles. The lowest BCUT2D eigenvalue weighted by molar-refractivity contribution is 0.108. The summed E-state index contributed by atoms with van der Waals surface area (Å²) in [5, 5.41) is 7.04. The van der Waals surface area contributed by atoms with Gasteiger partial charge in [-0.3, -0.25) is 4.79 Å². The second-order valence-electron chi connectivity index (χ2n) is 2.98. The Morgan fingerprint density at radius 1 is 1.40 bits per heavy atom. The molecular formula is C10H7ClN2O2. The topological polar surface area (TPSA) is 56.0 Å². The van der Waals surface area contributed by atoms with Crippen LogP contribution < -0.4 is 0 Å². The van der Waals surface area contributed by atoms with E-state index < -0.39 is 5.24 Å². The molecule has 0 fully saturated rings. The minimum atomic E-state index is -0.506. The molecule has 2 rings (SSSR count). The molecule has 0 saturated heterocycles. The summed E-state index contributed by atoms with van der Waals surface area (Å²) in [5.41, 5.74) is 1.09. The zero-order chi connectivity index (χ0) is 10.8. The minimum Gasteiger partial charge on any atom is -0.421 e. The highest BCUT2D eigenvalue weighted by molar-refractivity contribution is 6.67. The molecule has 0 saturated carbocycles. The summed E-state index contributed by atoms with van der Waals surface area (Å²) < 4.78 is 5.23. The maximum absolute atomic E-state index is 10.9. The Labute approximate surface area is 90.9 Å². The number of benzene rings is 1. The number of hydrogen-bond acceptors (Lipinski definition) is 4. The number of aromatic nitrogens is 2. The zero-order valence-corrected chi connectivity index (χ0v) is 8.65. The van der Waals surface area contributed by atoms with Crippen molar-refractivity contribution in [2.45, 2.75) is 6.92 Å². The lowest BCUT2D eigenvalue weighted by Gasteiger charge is -1.96. The van der Waals surface area contributed by atoms with Crippen molar-refractivity contribution in [3.05, 3.63) is 35.7 Å². The van der Waals surface area contributed by atoms with Gasteiger partial charge in [0.25, 0.3) is 5.24 Å². The van der Waals surface area contributed by atoms with Crippen LogP contribution in [0.1, 0.15) is 16.2 Å². The van der Waals surface area contributed by atoms with Crippen molar-refractivity contribution in [2.75, 3.05) is 0 Å². The minimum absolute atomic E-state index is 0.382. The van der Waals surface area contributed by atoms with Crippen LogP contribution in [0.2, 0.25) is 0 Å². The summed E-state index contributed by atoms with van der Waals surface area (Å²) >= 11 is 5.36. The molecule has 0 amide bonds. The molecule has 0 aliphatic rings. The second kappa shape index (κ2) is 3.82. The molecule has 1 aromatic heterocycles. The molecule has 0 atom stereocenters. The van der Waals surface area contributed by atoms with Crippen molar-refractivity contribution in [1.82, 2.24) is 10.2 Å². The van der Waals surface area contributed by atoms with Gasteiger partial charge in [0.15, 0.2) is 0 Å². The summed E-state index contributed by atoms with van der Waals surface area (Å²) in [4.78, 5) is 10.9. The molecule has 2 aromatic rings. The van der Waals surface area contributed by atoms with Gasteiger partial charge in [-0.2, -0.15) is 0 Å². The molecule has 0 spiro atoms. The molecule has 0 aliphatic heterocycles. The van der Waals surface area contributed by atoms with Crippen molar-refractivity contribution >= 4 is 16.8 Å². The van der Waals surface area contributed by atoms with Gasteiger partial charge in [0.2, 0.25) is 11.8 Å². The van der Waals surface area contributed by atoms with E-state index in [1.54, 1.807) is 31.2 Å². The first kappa shape index (κ1) is 9.86. The normalized spacial score (nSPS) is 10.3. The maximum Gasteiger partial charge on any atom is 0.252 e. The van der Waals surface area contributed by atoms with E-state index in [0.29, 0.717) is 22.9 Å². The van der Waals surface area contributed by atoms with E-state index >= 15 is 0 Å². The number of carbonyl (C=O) groups is 1. The first-order valence-corrected chi connectivity index (χ1v) is 4.65. The predicted molar refractivity (Wildman–Crippen MR) is 54.7 cm³/mol. The summed E-state index contributed by atoms with van der Waals surface area (Å²) in [6.07, 6.45) is 0. The standard InChI is InChI=1S/C10H7ClN2O2/c1-6-12-13-10(15-6)8-4-2-3-7(5-8)9(11)14/h2-5H,1H3. The van der Waals surface area contributed by atoms with Gasteiger partial charge in [0, 0.05) is 18.1 Å². The third-order valence-electron chi connectivity index (χ3n) is 1.86. The largest absolute Gasteiger partial charge is 0.421 e. The van der Waals surface area contributed by atoms with Gasteiger partial charge < -0.3 is 4.42 Å². The number of carbonyl (C=O) groups excluding carboxylic acids is 1. The quantitative estimate of drug-likeness (QED) is 0.733. The molecule has 15 heavy (non-hydrogen) atoms. The van der Waals surface area contributed by atoms with Crippen LogP contribution >= 0.6 is 11.6 Å². The van der Waals surface area contributed by atoms with E-state index in [-0.39, 0.29) is 0 Å². The third kappa shape index (κ3) is 2.05. The number of nitrogens with zero attached hydrogens (tertiary/aromatic N) is 2. The van der Waals surface area contributed by atoms with Crippen LogP contribution in [0.25, 0.3) is 11.5 Å². The molecule has 0 aliphatic carbocycles. The van der Waals surface area contributed by atoms with Gasteiger partial charge in [-0.15, -0.1) is 10.2 Å². The highest BCUT2D eigenvalue weighted by Crippen LogP contribution is 2.19. The summed E-state index contributed by atoms with van der Waals surface area (Å²) in [6.45, 7) is 1.70. The average molecular weight is 223 g/mol. The average Bonchev–Trinajstić information content (AvgIpc) is 2.65. The Balaban J connectivity index is 2.45. The van der Waals surface area contributed by atoms with Crippen molar-refractivity contribution in [1.29, 1.82) is 0 Å². The Hall–Kier alpha value is -1.68. The Kier molecular flexibility index (Phi) is 2.51. The summed E-state index contributed by atoms with van der Waals surface area (Å²) in [7, 11) is 0. The first-order valence-electron chi connectivity index (χ1n) is 4.27. The number of hydrogen-bond donors (Lipinski definition) is 0. The lowest BCUT2D eigenvalue weighted by atomic mass is 10.1. The van der Waals surface area contributed by atoms with Gasteiger partial charge >= 0.3 is 0 Å². The van der Waals surface area contributed by atoms with Crippen LogP contribution in [0, 0.1) is 6.92 Å². The van der Waals surface area contributed by atoms with Gasteiger partial charge in [0.1, 0.15) is 0 Å². The number of halogens is 1. The Morgan fingerprint density at radius 3 is 2.80 bits per heavy atom. The highest BCUT2D eigenvalue weighted by Gasteiger charge is 2.08. The Morgan fingerprint density at radius 2 is 2.20 bits per heavy atom. The molecule has 0 bridgehead atoms. The molecule has 76 valence electrons. The van der Waals surface area contributed by atoms with E-state index in [0.717, 1.165) is 0 Å². The molecule has 4 nitrogen and oxygen atoms in total. The van der Waals surface area contributed by atoms with Crippen molar-refractivity contribution < 1.29 is 9.21 Å². The fraction of sp³-hybridized carbons (Fsp3) is 0.100. The van der Waals surface area contributed by atoms with Gasteiger partial charge in [-0.1, -0.05) is 12.1 Å². The molecule has 5 heteroatoms. The number of rotatable bonds is 2. The zero-order valence-electron chi connectivity index (χ0n) is 7.90. The van der Waals surface area contributed by atoms with E-state index in [1.165, 1.54) is 0 Å². The number of aryl methyl sites for hydroxylation is 1. The van der Waals surface area contributed by atoms with E-state index in [9.17, 15) is 4.79 Å². The fourth-order valence-electron chi connectivity index (χ4n) is 1.19. The maximum atomic E-state index is 10.9. The van der Waals surface area contributed by atoms with Gasteiger partial charge in [0.05, 0.1) is 0 Å². The first-order chi connectivity index (χ1) is 7.16. The molecular weight excluding hydrogens is 216 g/mol. The van der Waals surface area contributed by atoms with Crippen LogP contribution in [-0.2, 0) is 0 Å². The lowest BCUT2D eigenvalue weighted by Crippen LogP contribution is -1.88. The predicted octanol–water partition coefficient (Wildman–Crippen LogP) is 2.42. The Bertz CT molecular complexity index is 508. The van der Waals surface area contributed by atoms with Crippen LogP contribution in [0.4, 0.5) is 0 Å². The third-order valence-corrected chi connectivity index (χ3v) is 2.08. The van der Waals surface area contributed by atoms with E-state index in [2.05, 4.69) is 10.2 Å².